The molecule has 0 radical (unpaired) electrons. The highest BCUT2D eigenvalue weighted by atomic mass is 79.9. The summed E-state index contributed by atoms with van der Waals surface area (Å²) >= 11 is 4.70. The van der Waals surface area contributed by atoms with Crippen molar-refractivity contribution in [2.24, 2.45) is 4.99 Å². The highest BCUT2D eigenvalue weighted by Crippen LogP contribution is 2.41. The number of nitrogens with zero attached hydrogens (tertiary/aromatic N) is 2. The zero-order chi connectivity index (χ0) is 29.8. The van der Waals surface area contributed by atoms with Gasteiger partial charge in [0.25, 0.3) is 5.56 Å². The molecule has 0 spiro atoms. The molecule has 4 rings (SSSR count). The maximum atomic E-state index is 13.9. The average Bonchev–Trinajstić information content (AvgIpc) is 3.23. The van der Waals surface area contributed by atoms with E-state index in [1.807, 2.05) is 6.92 Å². The molecule has 1 aromatic heterocycles. The molecule has 1 aliphatic rings. The number of hydrogen-bond donors (Lipinski definition) is 0. The minimum Gasteiger partial charge on any atom is -0.493 e. The van der Waals surface area contributed by atoms with E-state index < -0.39 is 24.2 Å². The summed E-state index contributed by atoms with van der Waals surface area (Å²) in [6, 6.07) is 6.88. The van der Waals surface area contributed by atoms with Gasteiger partial charge in [0, 0.05) is 4.47 Å². The zero-order valence-corrected chi connectivity index (χ0v) is 25.2. The summed E-state index contributed by atoms with van der Waals surface area (Å²) in [6.07, 6.45) is 1.59. The monoisotopic (exact) mass is 652 g/mol. The Hall–Kier alpha value is -3.71. The van der Waals surface area contributed by atoms with E-state index in [2.05, 4.69) is 25.7 Å². The Morgan fingerprint density at radius 1 is 1.10 bits per heavy atom. The van der Waals surface area contributed by atoms with Crippen molar-refractivity contribution in [3.63, 3.8) is 0 Å². The van der Waals surface area contributed by atoms with Gasteiger partial charge in [-0.25, -0.2) is 9.79 Å². The zero-order valence-electron chi connectivity index (χ0n) is 22.8. The van der Waals surface area contributed by atoms with Crippen LogP contribution in [0.3, 0.4) is 0 Å². The minimum absolute atomic E-state index is 0.0794. The number of fused-ring (bicyclic) bond motifs is 1. The van der Waals surface area contributed by atoms with Gasteiger partial charge in [-0.3, -0.25) is 9.36 Å². The molecule has 9 nitrogen and oxygen atoms in total. The van der Waals surface area contributed by atoms with E-state index in [4.69, 9.17) is 18.9 Å². The molecule has 0 saturated carbocycles. The first-order chi connectivity index (χ1) is 19.6. The third-order valence-corrected chi connectivity index (χ3v) is 7.77. The van der Waals surface area contributed by atoms with Crippen LogP contribution in [-0.4, -0.2) is 44.6 Å². The topological polar surface area (TPSA) is 97.6 Å². The number of aromatic nitrogens is 1. The third-order valence-electron chi connectivity index (χ3n) is 6.10. The summed E-state index contributed by atoms with van der Waals surface area (Å²) in [5, 5.41) is 0. The van der Waals surface area contributed by atoms with Crippen molar-refractivity contribution in [1.29, 1.82) is 0 Å². The van der Waals surface area contributed by atoms with E-state index in [0.717, 1.165) is 11.3 Å². The maximum Gasteiger partial charge on any atom is 0.387 e. The van der Waals surface area contributed by atoms with Crippen LogP contribution in [0.4, 0.5) is 8.78 Å². The van der Waals surface area contributed by atoms with Gasteiger partial charge in [-0.15, -0.1) is 0 Å². The predicted octanol–water partition coefficient (Wildman–Crippen LogP) is 4.58. The number of methoxy groups -OCH3 is 2. The number of allylic oxidation sites excluding steroid dienone is 1. The Morgan fingerprint density at radius 2 is 1.80 bits per heavy atom. The molecule has 0 unspecified atom stereocenters. The van der Waals surface area contributed by atoms with E-state index in [-0.39, 0.29) is 23.7 Å². The number of ether oxygens (including phenoxy) is 5. The number of carbonyl (C=O) groups excluding carboxylic acids is 1. The second-order valence-corrected chi connectivity index (χ2v) is 10.4. The van der Waals surface area contributed by atoms with Gasteiger partial charge in [0.2, 0.25) is 0 Å². The molecule has 2 aromatic carbocycles. The number of carbonyl (C=O) groups is 1. The molecule has 1 atom stereocenters. The standard InChI is InChI=1S/C28H27BrF2N2O7S/c1-6-38-21-12-16(17(29)13-20(21)37-5)24-23(26(35)39-7-2)14(3)32-28-33(24)25(34)22(41-28)11-15-8-9-18(40-27(30)31)19(10-15)36-4/h8-13,24,27H,6-7H2,1-5H3/b22-11+/t24-/m1/s1. The van der Waals surface area contributed by atoms with E-state index in [0.29, 0.717) is 48.7 Å². The Kier molecular flexibility index (Phi) is 9.49. The molecule has 1 aliphatic heterocycles. The third kappa shape index (κ3) is 6.15. The normalized spacial score (nSPS) is 15.0. The highest BCUT2D eigenvalue weighted by molar-refractivity contribution is 9.10. The van der Waals surface area contributed by atoms with Crippen molar-refractivity contribution >= 4 is 39.3 Å². The molecular weight excluding hydrogens is 626 g/mol. The van der Waals surface area contributed by atoms with Gasteiger partial charge in [0.1, 0.15) is 0 Å². The molecule has 218 valence electrons. The van der Waals surface area contributed by atoms with Crippen molar-refractivity contribution < 1.29 is 37.3 Å². The average molecular weight is 653 g/mol. The SMILES string of the molecule is CCOC(=O)C1=C(C)N=c2s/c(=C/c3ccc(OC(F)F)c(OC)c3)c(=O)n2[C@@H]1c1cc(OCC)c(OC)cc1Br. The van der Waals surface area contributed by atoms with Crippen molar-refractivity contribution in [3.8, 4) is 23.0 Å². The fourth-order valence-corrected chi connectivity index (χ4v) is 5.98. The van der Waals surface area contributed by atoms with Gasteiger partial charge >= 0.3 is 12.6 Å². The predicted molar refractivity (Wildman–Crippen MR) is 152 cm³/mol. The number of alkyl halides is 2. The number of hydrogen-bond acceptors (Lipinski definition) is 9. The van der Waals surface area contributed by atoms with Gasteiger partial charge in [-0.05, 0) is 62.2 Å². The number of thiazole rings is 1. The van der Waals surface area contributed by atoms with Crippen LogP contribution >= 0.6 is 27.3 Å². The quantitative estimate of drug-likeness (QED) is 0.296. The summed E-state index contributed by atoms with van der Waals surface area (Å²) in [4.78, 5) is 32.1. The lowest BCUT2D eigenvalue weighted by Crippen LogP contribution is -2.40. The molecule has 0 fully saturated rings. The summed E-state index contributed by atoms with van der Waals surface area (Å²) in [5.74, 6) is 0.252. The summed E-state index contributed by atoms with van der Waals surface area (Å²) in [6.45, 7) is 2.69. The largest absolute Gasteiger partial charge is 0.493 e. The second kappa shape index (κ2) is 12.9. The van der Waals surface area contributed by atoms with Crippen molar-refractivity contribution in [1.82, 2.24) is 4.57 Å². The van der Waals surface area contributed by atoms with Gasteiger partial charge in [0.05, 0.1) is 49.3 Å². The number of halogens is 3. The minimum atomic E-state index is -3.02. The van der Waals surface area contributed by atoms with Crippen molar-refractivity contribution in [3.05, 3.63) is 76.9 Å². The number of rotatable bonds is 10. The highest BCUT2D eigenvalue weighted by Gasteiger charge is 2.35. The fraction of sp³-hybridized carbons (Fsp3) is 0.321. The Labute approximate surface area is 246 Å². The first-order valence-electron chi connectivity index (χ1n) is 12.5. The lowest BCUT2D eigenvalue weighted by molar-refractivity contribution is -0.139. The van der Waals surface area contributed by atoms with Crippen LogP contribution in [0.5, 0.6) is 23.0 Å². The van der Waals surface area contributed by atoms with Crippen LogP contribution in [0.1, 0.15) is 37.9 Å². The first kappa shape index (κ1) is 30.3. The van der Waals surface area contributed by atoms with Gasteiger partial charge in [-0.1, -0.05) is 33.3 Å². The fourth-order valence-electron chi connectivity index (χ4n) is 4.39. The molecule has 0 amide bonds. The Morgan fingerprint density at radius 3 is 2.44 bits per heavy atom. The Balaban J connectivity index is 1.95. The summed E-state index contributed by atoms with van der Waals surface area (Å²) < 4.78 is 54.1. The van der Waals surface area contributed by atoms with Crippen LogP contribution in [0.2, 0.25) is 0 Å². The van der Waals surface area contributed by atoms with Crippen molar-refractivity contribution in [2.45, 2.75) is 33.4 Å². The van der Waals surface area contributed by atoms with Gasteiger partial charge < -0.3 is 23.7 Å². The molecule has 3 aromatic rings. The van der Waals surface area contributed by atoms with E-state index in [1.165, 1.54) is 37.0 Å². The second-order valence-electron chi connectivity index (χ2n) is 8.55. The van der Waals surface area contributed by atoms with Crippen LogP contribution in [-0.2, 0) is 9.53 Å². The molecule has 41 heavy (non-hydrogen) atoms. The smallest absolute Gasteiger partial charge is 0.387 e. The van der Waals surface area contributed by atoms with E-state index >= 15 is 0 Å². The lowest BCUT2D eigenvalue weighted by Gasteiger charge is -2.26. The summed E-state index contributed by atoms with van der Waals surface area (Å²) in [7, 11) is 2.84. The van der Waals surface area contributed by atoms with Crippen LogP contribution in [0.25, 0.3) is 6.08 Å². The number of esters is 1. The van der Waals surface area contributed by atoms with Gasteiger partial charge in [0.15, 0.2) is 27.8 Å². The van der Waals surface area contributed by atoms with Crippen molar-refractivity contribution in [2.75, 3.05) is 27.4 Å². The molecule has 13 heteroatoms. The molecule has 0 bridgehead atoms. The molecule has 0 N–H and O–H groups in total. The molecule has 0 aliphatic carbocycles. The van der Waals surface area contributed by atoms with Crippen LogP contribution in [0.15, 0.2) is 55.9 Å². The number of benzene rings is 2. The lowest BCUT2D eigenvalue weighted by atomic mass is 9.95. The van der Waals surface area contributed by atoms with Crippen LogP contribution in [0, 0.1) is 0 Å². The molecule has 0 saturated heterocycles. The maximum absolute atomic E-state index is 13.9. The van der Waals surface area contributed by atoms with Gasteiger partial charge in [-0.2, -0.15) is 8.78 Å². The first-order valence-corrected chi connectivity index (χ1v) is 14.1. The van der Waals surface area contributed by atoms with E-state index in [1.54, 1.807) is 32.1 Å². The van der Waals surface area contributed by atoms with Crippen LogP contribution < -0.4 is 33.8 Å². The van der Waals surface area contributed by atoms with E-state index in [9.17, 15) is 18.4 Å². The molecule has 2 heterocycles. The Bertz CT molecular complexity index is 1680. The summed E-state index contributed by atoms with van der Waals surface area (Å²) in [5.41, 5.74) is 1.26. The molecular formula is C28H27BrF2N2O7S.